The number of benzene rings is 1. The highest BCUT2D eigenvalue weighted by molar-refractivity contribution is 7.19. The molecule has 3 rings (SSSR count). The molecule has 0 atom stereocenters. The van der Waals surface area contributed by atoms with Crippen molar-refractivity contribution < 1.29 is 4.79 Å². The van der Waals surface area contributed by atoms with Crippen LogP contribution in [0.15, 0.2) is 35.8 Å². The Bertz CT molecular complexity index is 696. The highest BCUT2D eigenvalue weighted by atomic mass is 32.1. The molecule has 2 aromatic heterocycles. The fourth-order valence-electron chi connectivity index (χ4n) is 1.70. The van der Waals surface area contributed by atoms with Crippen LogP contribution >= 0.6 is 22.7 Å². The maximum absolute atomic E-state index is 11.3. The van der Waals surface area contributed by atoms with Crippen molar-refractivity contribution in [2.75, 3.05) is 0 Å². The third-order valence-electron chi connectivity index (χ3n) is 2.56. The Hall–Kier alpha value is -1.52. The predicted octanol–water partition coefficient (Wildman–Crippen LogP) is 4.23. The lowest BCUT2D eigenvalue weighted by atomic mass is 10.2. The van der Waals surface area contributed by atoms with Gasteiger partial charge < -0.3 is 0 Å². The van der Waals surface area contributed by atoms with Gasteiger partial charge in [0.1, 0.15) is 5.01 Å². The van der Waals surface area contributed by atoms with Crippen molar-refractivity contribution in [2.24, 2.45) is 0 Å². The lowest BCUT2D eigenvalue weighted by Crippen LogP contribution is -1.83. The van der Waals surface area contributed by atoms with Crippen LogP contribution < -0.4 is 0 Å². The van der Waals surface area contributed by atoms with E-state index in [0.717, 1.165) is 15.4 Å². The molecule has 0 radical (unpaired) electrons. The number of carbonyl (C=O) groups excluding carboxylic acids is 1. The molecule has 0 saturated carbocycles. The molecule has 0 bridgehead atoms. The third-order valence-corrected chi connectivity index (χ3v) is 4.66. The Morgan fingerprint density at radius 1 is 1.29 bits per heavy atom. The van der Waals surface area contributed by atoms with Crippen LogP contribution in [0.25, 0.3) is 20.7 Å². The molecule has 2 heterocycles. The maximum Gasteiger partial charge on any atom is 0.171 e. The van der Waals surface area contributed by atoms with Gasteiger partial charge in [-0.1, -0.05) is 18.2 Å². The molecule has 0 N–H and O–H groups in total. The van der Waals surface area contributed by atoms with Crippen molar-refractivity contribution in [3.05, 3.63) is 40.7 Å². The molecule has 0 amide bonds. The van der Waals surface area contributed by atoms with E-state index in [-0.39, 0.29) is 5.78 Å². The van der Waals surface area contributed by atoms with Crippen LogP contribution in [0.3, 0.4) is 0 Å². The number of Topliss-reactive ketones (excluding diaryl/α,β-unsaturated/α-hetero) is 1. The quantitative estimate of drug-likeness (QED) is 0.645. The molecule has 0 aliphatic rings. The summed E-state index contributed by atoms with van der Waals surface area (Å²) >= 11 is 3.17. The maximum atomic E-state index is 11.3. The van der Waals surface area contributed by atoms with Crippen LogP contribution in [0.2, 0.25) is 0 Å². The zero-order chi connectivity index (χ0) is 11.8. The van der Waals surface area contributed by atoms with E-state index in [2.05, 4.69) is 22.5 Å². The van der Waals surface area contributed by atoms with Gasteiger partial charge in [0.15, 0.2) is 5.78 Å². The molecule has 2 nitrogen and oxygen atoms in total. The lowest BCUT2D eigenvalue weighted by molar-refractivity contribution is 0.102. The van der Waals surface area contributed by atoms with Gasteiger partial charge in [-0.05, 0) is 6.07 Å². The van der Waals surface area contributed by atoms with Gasteiger partial charge in [-0.15, -0.1) is 22.7 Å². The number of hydrogen-bond donors (Lipinski definition) is 0. The Kier molecular flexibility index (Phi) is 2.53. The number of nitrogens with zero attached hydrogens (tertiary/aromatic N) is 1. The Labute approximate surface area is 107 Å². The number of thiophene rings is 1. The van der Waals surface area contributed by atoms with Crippen molar-refractivity contribution >= 4 is 38.5 Å². The minimum atomic E-state index is 0.0771. The van der Waals surface area contributed by atoms with Crippen molar-refractivity contribution in [2.45, 2.75) is 6.92 Å². The second-order valence-corrected chi connectivity index (χ2v) is 5.67. The molecule has 0 aliphatic heterocycles. The normalized spacial score (nSPS) is 10.9. The van der Waals surface area contributed by atoms with Gasteiger partial charge in [0.05, 0.1) is 4.88 Å². The van der Waals surface area contributed by atoms with Gasteiger partial charge in [-0.2, -0.15) is 0 Å². The molecule has 0 unspecified atom stereocenters. The summed E-state index contributed by atoms with van der Waals surface area (Å²) in [7, 11) is 0. The van der Waals surface area contributed by atoms with E-state index in [1.165, 1.54) is 21.4 Å². The molecular weight excluding hydrogens is 250 g/mol. The first kappa shape index (κ1) is 10.6. The van der Waals surface area contributed by atoms with Gasteiger partial charge in [0.2, 0.25) is 0 Å². The van der Waals surface area contributed by atoms with Crippen molar-refractivity contribution in [3.8, 4) is 10.6 Å². The van der Waals surface area contributed by atoms with Crippen LogP contribution in [0.1, 0.15) is 16.6 Å². The van der Waals surface area contributed by atoms with E-state index >= 15 is 0 Å². The van der Waals surface area contributed by atoms with Crippen molar-refractivity contribution in [3.63, 3.8) is 0 Å². The number of fused-ring (bicyclic) bond motifs is 1. The summed E-state index contributed by atoms with van der Waals surface area (Å²) in [5, 5.41) is 4.24. The van der Waals surface area contributed by atoms with E-state index in [1.54, 1.807) is 24.5 Å². The summed E-state index contributed by atoms with van der Waals surface area (Å²) in [6, 6.07) is 8.25. The molecule has 0 aliphatic carbocycles. The second kappa shape index (κ2) is 4.05. The molecule has 17 heavy (non-hydrogen) atoms. The largest absolute Gasteiger partial charge is 0.294 e. The van der Waals surface area contributed by atoms with Gasteiger partial charge in [0.25, 0.3) is 0 Å². The van der Waals surface area contributed by atoms with Crippen molar-refractivity contribution in [1.29, 1.82) is 0 Å². The monoisotopic (exact) mass is 259 g/mol. The zero-order valence-corrected chi connectivity index (χ0v) is 10.8. The summed E-state index contributed by atoms with van der Waals surface area (Å²) in [5.74, 6) is 0.0771. The number of aromatic nitrogens is 1. The fraction of sp³-hybridized carbons (Fsp3) is 0.0769. The van der Waals surface area contributed by atoms with Gasteiger partial charge in [-0.3, -0.25) is 4.79 Å². The summed E-state index contributed by atoms with van der Waals surface area (Å²) in [6.07, 6.45) is 1.66. The summed E-state index contributed by atoms with van der Waals surface area (Å²) in [4.78, 5) is 16.3. The van der Waals surface area contributed by atoms with E-state index in [0.29, 0.717) is 0 Å². The second-order valence-electron chi connectivity index (χ2n) is 3.73. The standard InChI is InChI=1S/C13H9NOS2/c1-8(15)12-6-14-13(17-12)10-7-16-11-5-3-2-4-9(10)11/h2-7H,1H3. The number of rotatable bonds is 2. The number of hydrogen-bond acceptors (Lipinski definition) is 4. The SMILES string of the molecule is CC(=O)c1cnc(-c2csc3ccccc23)s1. The third kappa shape index (κ3) is 1.79. The minimum absolute atomic E-state index is 0.0771. The van der Waals surface area contributed by atoms with Gasteiger partial charge in [0, 0.05) is 34.2 Å². The van der Waals surface area contributed by atoms with Crippen LogP contribution in [-0.2, 0) is 0 Å². The first-order chi connectivity index (χ1) is 8.25. The molecule has 0 saturated heterocycles. The topological polar surface area (TPSA) is 30.0 Å². The first-order valence-electron chi connectivity index (χ1n) is 5.19. The molecule has 4 heteroatoms. The van der Waals surface area contributed by atoms with Crippen molar-refractivity contribution in [1.82, 2.24) is 4.98 Å². The average Bonchev–Trinajstić information content (AvgIpc) is 2.95. The predicted molar refractivity (Wildman–Crippen MR) is 72.9 cm³/mol. The van der Waals surface area contributed by atoms with Gasteiger partial charge >= 0.3 is 0 Å². The van der Waals surface area contributed by atoms with E-state index < -0.39 is 0 Å². The summed E-state index contributed by atoms with van der Waals surface area (Å²) in [5.41, 5.74) is 1.13. The van der Waals surface area contributed by atoms with E-state index in [4.69, 9.17) is 0 Å². The smallest absolute Gasteiger partial charge is 0.171 e. The van der Waals surface area contributed by atoms with Crippen LogP contribution in [0.4, 0.5) is 0 Å². The lowest BCUT2D eigenvalue weighted by Gasteiger charge is -1.92. The number of thiazole rings is 1. The molecule has 0 fully saturated rings. The average molecular weight is 259 g/mol. The van der Waals surface area contributed by atoms with Gasteiger partial charge in [-0.25, -0.2) is 4.98 Å². The zero-order valence-electron chi connectivity index (χ0n) is 9.14. The molecule has 84 valence electrons. The number of ketones is 1. The highest BCUT2D eigenvalue weighted by Crippen LogP contribution is 2.35. The molecule has 3 aromatic rings. The Morgan fingerprint density at radius 2 is 2.12 bits per heavy atom. The van der Waals surface area contributed by atoms with E-state index in [9.17, 15) is 4.79 Å². The Balaban J connectivity index is 2.17. The highest BCUT2D eigenvalue weighted by Gasteiger charge is 2.11. The fourth-order valence-corrected chi connectivity index (χ4v) is 3.57. The van der Waals surface area contributed by atoms with Crippen LogP contribution in [0, 0.1) is 0 Å². The summed E-state index contributed by atoms with van der Waals surface area (Å²) in [6.45, 7) is 1.57. The number of carbonyl (C=O) groups is 1. The van der Waals surface area contributed by atoms with Crippen LogP contribution in [-0.4, -0.2) is 10.8 Å². The first-order valence-corrected chi connectivity index (χ1v) is 6.88. The summed E-state index contributed by atoms with van der Waals surface area (Å²) < 4.78 is 1.25. The molecular formula is C13H9NOS2. The van der Waals surface area contributed by atoms with E-state index in [1.807, 2.05) is 12.1 Å². The molecule has 1 aromatic carbocycles. The van der Waals surface area contributed by atoms with Crippen LogP contribution in [0.5, 0.6) is 0 Å². The minimum Gasteiger partial charge on any atom is -0.294 e. The Morgan fingerprint density at radius 3 is 2.88 bits per heavy atom. The molecule has 0 spiro atoms.